The van der Waals surface area contributed by atoms with E-state index in [2.05, 4.69) is 5.32 Å². The van der Waals surface area contributed by atoms with Crippen LogP contribution in [0.25, 0.3) is 0 Å². The Kier molecular flexibility index (Phi) is 4.20. The molecule has 1 fully saturated rings. The van der Waals surface area contributed by atoms with Gasteiger partial charge in [0.05, 0.1) is 26.2 Å². The van der Waals surface area contributed by atoms with Crippen LogP contribution in [-0.4, -0.2) is 43.6 Å². The number of hydrogen-bond acceptors (Lipinski definition) is 2. The van der Waals surface area contributed by atoms with E-state index in [0.29, 0.717) is 0 Å². The lowest BCUT2D eigenvalue weighted by Crippen LogP contribution is -2.90. The van der Waals surface area contributed by atoms with Crippen LogP contribution in [0.1, 0.15) is 11.1 Å². The highest BCUT2D eigenvalue weighted by atomic mass is 16.5. The summed E-state index contributed by atoms with van der Waals surface area (Å²) in [4.78, 5) is 13.8. The zero-order valence-corrected chi connectivity index (χ0v) is 11.1. The van der Waals surface area contributed by atoms with E-state index in [1.165, 1.54) is 0 Å². The number of rotatable bonds is 3. The largest absolute Gasteiger partial charge is 0.483 e. The van der Waals surface area contributed by atoms with Crippen LogP contribution in [0.2, 0.25) is 0 Å². The summed E-state index contributed by atoms with van der Waals surface area (Å²) < 4.78 is 5.63. The molecule has 18 heavy (non-hydrogen) atoms. The smallest absolute Gasteiger partial charge is 0.260 e. The third-order valence-electron chi connectivity index (χ3n) is 3.25. The topological polar surface area (TPSA) is 46.1 Å². The normalized spacial score (nSPS) is 15.6. The number of amides is 1. The molecule has 1 aromatic carbocycles. The van der Waals surface area contributed by atoms with Gasteiger partial charge in [-0.25, -0.2) is 0 Å². The minimum atomic E-state index is 0.0870. The average molecular weight is 249 g/mol. The second-order valence-corrected chi connectivity index (χ2v) is 4.80. The second kappa shape index (κ2) is 5.87. The fourth-order valence-corrected chi connectivity index (χ4v) is 2.09. The Hall–Kier alpha value is -1.55. The Morgan fingerprint density at radius 1 is 1.33 bits per heavy atom. The number of benzene rings is 1. The zero-order valence-electron chi connectivity index (χ0n) is 11.1. The summed E-state index contributed by atoms with van der Waals surface area (Å²) in [5, 5.41) is 2.23. The first kappa shape index (κ1) is 12.9. The van der Waals surface area contributed by atoms with Crippen LogP contribution in [0.4, 0.5) is 0 Å². The van der Waals surface area contributed by atoms with Gasteiger partial charge in [0.2, 0.25) is 0 Å². The van der Waals surface area contributed by atoms with Crippen molar-refractivity contribution in [3.8, 4) is 5.75 Å². The summed E-state index contributed by atoms with van der Waals surface area (Å²) >= 11 is 0. The standard InChI is InChI=1S/C14H20N2O2/c1-11-3-4-12(2)13(9-11)18-10-14(17)16-7-5-15-6-8-16/h3-4,9,15H,5-8,10H2,1-2H3/p+1. The predicted molar refractivity (Wildman–Crippen MR) is 69.7 cm³/mol. The molecule has 4 heteroatoms. The highest BCUT2D eigenvalue weighted by molar-refractivity contribution is 5.77. The van der Waals surface area contributed by atoms with Crippen molar-refractivity contribution >= 4 is 5.91 Å². The first-order valence-corrected chi connectivity index (χ1v) is 6.46. The van der Waals surface area contributed by atoms with E-state index in [1.807, 2.05) is 36.9 Å². The summed E-state index contributed by atoms with van der Waals surface area (Å²) in [6.07, 6.45) is 0. The van der Waals surface area contributed by atoms with Crippen molar-refractivity contribution in [2.75, 3.05) is 32.8 Å². The van der Waals surface area contributed by atoms with Gasteiger partial charge in [-0.15, -0.1) is 0 Å². The van der Waals surface area contributed by atoms with E-state index < -0.39 is 0 Å². The van der Waals surface area contributed by atoms with E-state index in [0.717, 1.165) is 43.1 Å². The van der Waals surface area contributed by atoms with Crippen LogP contribution < -0.4 is 10.1 Å². The lowest BCUT2D eigenvalue weighted by molar-refractivity contribution is -0.662. The van der Waals surface area contributed by atoms with Crippen molar-refractivity contribution in [3.63, 3.8) is 0 Å². The SMILES string of the molecule is Cc1ccc(C)c(OCC(=O)N2CC[NH2+]CC2)c1. The number of quaternary nitrogens is 1. The van der Waals surface area contributed by atoms with Crippen LogP contribution in [-0.2, 0) is 4.79 Å². The fraction of sp³-hybridized carbons (Fsp3) is 0.500. The lowest BCUT2D eigenvalue weighted by atomic mass is 10.1. The molecule has 0 radical (unpaired) electrons. The number of ether oxygens (including phenoxy) is 1. The quantitative estimate of drug-likeness (QED) is 0.825. The third kappa shape index (κ3) is 3.23. The molecule has 98 valence electrons. The van der Waals surface area contributed by atoms with E-state index in [-0.39, 0.29) is 12.5 Å². The molecular weight excluding hydrogens is 228 g/mol. The maximum Gasteiger partial charge on any atom is 0.260 e. The molecule has 1 aliphatic heterocycles. The van der Waals surface area contributed by atoms with Gasteiger partial charge in [0.1, 0.15) is 5.75 Å². The Bertz CT molecular complexity index is 426. The summed E-state index contributed by atoms with van der Waals surface area (Å²) in [7, 11) is 0. The highest BCUT2D eigenvalue weighted by Crippen LogP contribution is 2.19. The number of piperazine rings is 1. The van der Waals surface area contributed by atoms with Gasteiger partial charge < -0.3 is 15.0 Å². The van der Waals surface area contributed by atoms with Gasteiger partial charge in [0.25, 0.3) is 5.91 Å². The minimum absolute atomic E-state index is 0.0870. The Morgan fingerprint density at radius 2 is 2.06 bits per heavy atom. The lowest BCUT2D eigenvalue weighted by Gasteiger charge is -2.25. The van der Waals surface area contributed by atoms with Crippen molar-refractivity contribution in [3.05, 3.63) is 29.3 Å². The van der Waals surface area contributed by atoms with E-state index in [9.17, 15) is 4.79 Å². The summed E-state index contributed by atoms with van der Waals surface area (Å²) in [6.45, 7) is 7.81. The summed E-state index contributed by atoms with van der Waals surface area (Å²) in [6, 6.07) is 6.04. The van der Waals surface area contributed by atoms with E-state index in [1.54, 1.807) is 0 Å². The van der Waals surface area contributed by atoms with Crippen molar-refractivity contribution in [2.24, 2.45) is 0 Å². The fourth-order valence-electron chi connectivity index (χ4n) is 2.09. The molecule has 2 rings (SSSR count). The summed E-state index contributed by atoms with van der Waals surface area (Å²) in [5.41, 5.74) is 2.22. The van der Waals surface area contributed by atoms with Crippen LogP contribution in [0, 0.1) is 13.8 Å². The molecule has 1 aromatic rings. The number of hydrogen-bond donors (Lipinski definition) is 1. The Morgan fingerprint density at radius 3 is 2.78 bits per heavy atom. The Labute approximate surface area is 108 Å². The van der Waals surface area contributed by atoms with Crippen molar-refractivity contribution in [2.45, 2.75) is 13.8 Å². The van der Waals surface area contributed by atoms with Crippen LogP contribution in [0.5, 0.6) is 5.75 Å². The number of nitrogens with zero attached hydrogens (tertiary/aromatic N) is 1. The molecule has 0 bridgehead atoms. The van der Waals surface area contributed by atoms with Gasteiger partial charge in [0, 0.05) is 0 Å². The zero-order chi connectivity index (χ0) is 13.0. The molecule has 2 N–H and O–H groups in total. The number of carbonyl (C=O) groups is 1. The maximum absolute atomic E-state index is 12.0. The summed E-state index contributed by atoms with van der Waals surface area (Å²) in [5.74, 6) is 0.899. The van der Waals surface area contributed by atoms with Gasteiger partial charge in [-0.3, -0.25) is 4.79 Å². The van der Waals surface area contributed by atoms with E-state index >= 15 is 0 Å². The Balaban J connectivity index is 1.90. The molecular formula is C14H21N2O2+. The molecule has 1 heterocycles. The number of carbonyl (C=O) groups excluding carboxylic acids is 1. The van der Waals surface area contributed by atoms with Crippen LogP contribution in [0.15, 0.2) is 18.2 Å². The van der Waals surface area contributed by atoms with Crippen LogP contribution in [0.3, 0.4) is 0 Å². The molecule has 0 atom stereocenters. The number of aryl methyl sites for hydroxylation is 2. The first-order valence-electron chi connectivity index (χ1n) is 6.46. The van der Waals surface area contributed by atoms with Crippen molar-refractivity contribution in [1.82, 2.24) is 4.90 Å². The van der Waals surface area contributed by atoms with Gasteiger partial charge in [-0.2, -0.15) is 0 Å². The van der Waals surface area contributed by atoms with Crippen molar-refractivity contribution < 1.29 is 14.8 Å². The monoisotopic (exact) mass is 249 g/mol. The van der Waals surface area contributed by atoms with Crippen molar-refractivity contribution in [1.29, 1.82) is 0 Å². The average Bonchev–Trinajstić information content (AvgIpc) is 2.40. The first-order chi connectivity index (χ1) is 8.66. The highest BCUT2D eigenvalue weighted by Gasteiger charge is 2.18. The molecule has 1 amide bonds. The molecule has 0 saturated carbocycles. The van der Waals surface area contributed by atoms with E-state index in [4.69, 9.17) is 4.74 Å². The molecule has 1 aliphatic rings. The molecule has 0 spiro atoms. The number of nitrogens with two attached hydrogens (primary N) is 1. The second-order valence-electron chi connectivity index (χ2n) is 4.80. The van der Waals surface area contributed by atoms with Gasteiger partial charge >= 0.3 is 0 Å². The maximum atomic E-state index is 12.0. The molecule has 1 saturated heterocycles. The third-order valence-corrected chi connectivity index (χ3v) is 3.25. The van der Waals surface area contributed by atoms with Gasteiger partial charge in [0.15, 0.2) is 6.61 Å². The molecule has 0 aliphatic carbocycles. The molecule has 0 unspecified atom stereocenters. The minimum Gasteiger partial charge on any atom is -0.483 e. The molecule has 0 aromatic heterocycles. The van der Waals surface area contributed by atoms with Gasteiger partial charge in [-0.05, 0) is 31.0 Å². The predicted octanol–water partition coefficient (Wildman–Crippen LogP) is 0.0878. The van der Waals surface area contributed by atoms with Gasteiger partial charge in [-0.1, -0.05) is 12.1 Å². The van der Waals surface area contributed by atoms with Crippen LogP contribution >= 0.6 is 0 Å². The molecule has 4 nitrogen and oxygen atoms in total.